The number of carbonyl (C=O) groups is 1. The first-order valence-electron chi connectivity index (χ1n) is 6.12. The molecule has 1 aromatic rings. The molecule has 0 fully saturated rings. The maximum absolute atomic E-state index is 11.5. The molecule has 1 N–H and O–H groups in total. The van der Waals surface area contributed by atoms with Crippen molar-refractivity contribution in [1.82, 2.24) is 4.98 Å². The average molecular weight is 233 g/mol. The maximum atomic E-state index is 11.5. The zero-order valence-corrected chi connectivity index (χ0v) is 10.7. The van der Waals surface area contributed by atoms with E-state index in [2.05, 4.69) is 25.8 Å². The van der Waals surface area contributed by atoms with Crippen LogP contribution in [0.25, 0.3) is 0 Å². The second-order valence-electron chi connectivity index (χ2n) is 5.98. The van der Waals surface area contributed by atoms with E-state index >= 15 is 0 Å². The van der Waals surface area contributed by atoms with E-state index in [1.807, 2.05) is 0 Å². The Hall–Kier alpha value is -1.38. The minimum absolute atomic E-state index is 0.248. The van der Waals surface area contributed by atoms with Crippen LogP contribution in [0.4, 0.5) is 0 Å². The van der Waals surface area contributed by atoms with Crippen LogP contribution in [0.3, 0.4) is 0 Å². The molecule has 1 atom stereocenters. The number of fused-ring (bicyclic) bond motifs is 1. The van der Waals surface area contributed by atoms with Crippen molar-refractivity contribution in [3.05, 3.63) is 33.2 Å². The lowest BCUT2D eigenvalue weighted by molar-refractivity contribution is 0.112. The number of pyridine rings is 1. The van der Waals surface area contributed by atoms with Gasteiger partial charge in [0.15, 0.2) is 6.29 Å². The molecule has 17 heavy (non-hydrogen) atoms. The Morgan fingerprint density at radius 1 is 1.41 bits per heavy atom. The van der Waals surface area contributed by atoms with Gasteiger partial charge in [-0.15, -0.1) is 0 Å². The van der Waals surface area contributed by atoms with Crippen LogP contribution in [-0.4, -0.2) is 11.3 Å². The number of aromatic nitrogens is 1. The molecule has 0 radical (unpaired) electrons. The van der Waals surface area contributed by atoms with Gasteiger partial charge in [0.25, 0.3) is 5.56 Å². The van der Waals surface area contributed by atoms with E-state index in [-0.39, 0.29) is 16.5 Å². The van der Waals surface area contributed by atoms with Crippen LogP contribution in [0.5, 0.6) is 0 Å². The van der Waals surface area contributed by atoms with Gasteiger partial charge in [0.1, 0.15) is 0 Å². The standard InChI is InChI=1S/C14H19NO2/c1-14(2,3)11-4-5-12-9(7-11)6-10(8-16)13(17)15-12/h6,8,11H,4-5,7H2,1-3H3,(H,15,17). The molecular weight excluding hydrogens is 214 g/mol. The van der Waals surface area contributed by atoms with Gasteiger partial charge in [-0.3, -0.25) is 9.59 Å². The molecule has 1 aromatic heterocycles. The smallest absolute Gasteiger partial charge is 0.258 e. The number of hydrogen-bond acceptors (Lipinski definition) is 2. The predicted octanol–water partition coefficient (Wildman–Crippen LogP) is 2.34. The summed E-state index contributed by atoms with van der Waals surface area (Å²) in [5.74, 6) is 0.611. The van der Waals surface area contributed by atoms with E-state index in [1.165, 1.54) is 0 Å². The highest BCUT2D eigenvalue weighted by Crippen LogP contribution is 2.36. The molecule has 0 aromatic carbocycles. The lowest BCUT2D eigenvalue weighted by Gasteiger charge is -2.34. The van der Waals surface area contributed by atoms with Crippen LogP contribution in [0.1, 0.15) is 48.8 Å². The van der Waals surface area contributed by atoms with Gasteiger partial charge < -0.3 is 4.98 Å². The van der Waals surface area contributed by atoms with Gasteiger partial charge in [0, 0.05) is 5.69 Å². The van der Waals surface area contributed by atoms with E-state index in [9.17, 15) is 9.59 Å². The summed E-state index contributed by atoms with van der Waals surface area (Å²) in [5, 5.41) is 0. The summed E-state index contributed by atoms with van der Waals surface area (Å²) in [6, 6.07) is 1.76. The lowest BCUT2D eigenvalue weighted by atomic mass is 9.71. The molecule has 0 saturated carbocycles. The van der Waals surface area contributed by atoms with Crippen LogP contribution in [0.2, 0.25) is 0 Å². The molecule has 92 valence electrons. The fourth-order valence-corrected chi connectivity index (χ4v) is 2.55. The number of hydrogen-bond donors (Lipinski definition) is 1. The largest absolute Gasteiger partial charge is 0.325 e. The highest BCUT2D eigenvalue weighted by Gasteiger charge is 2.29. The van der Waals surface area contributed by atoms with Crippen molar-refractivity contribution in [3.63, 3.8) is 0 Å². The minimum Gasteiger partial charge on any atom is -0.325 e. The van der Waals surface area contributed by atoms with E-state index in [0.29, 0.717) is 12.2 Å². The summed E-state index contributed by atoms with van der Waals surface area (Å²) in [6.45, 7) is 6.74. The number of H-pyrrole nitrogens is 1. The monoisotopic (exact) mass is 233 g/mol. The van der Waals surface area contributed by atoms with Crippen molar-refractivity contribution in [3.8, 4) is 0 Å². The fraction of sp³-hybridized carbons (Fsp3) is 0.571. The highest BCUT2D eigenvalue weighted by molar-refractivity contribution is 5.74. The minimum atomic E-state index is -0.257. The fourth-order valence-electron chi connectivity index (χ4n) is 2.55. The van der Waals surface area contributed by atoms with Gasteiger partial charge in [-0.25, -0.2) is 0 Å². The van der Waals surface area contributed by atoms with Crippen molar-refractivity contribution in [2.75, 3.05) is 0 Å². The highest BCUT2D eigenvalue weighted by atomic mass is 16.1. The lowest BCUT2D eigenvalue weighted by Crippen LogP contribution is -2.29. The van der Waals surface area contributed by atoms with Crippen molar-refractivity contribution < 1.29 is 4.79 Å². The first kappa shape index (κ1) is 12.1. The van der Waals surface area contributed by atoms with Gasteiger partial charge >= 0.3 is 0 Å². The Bertz CT molecular complexity index is 494. The summed E-state index contributed by atoms with van der Waals surface area (Å²) in [4.78, 5) is 25.1. The third-order valence-electron chi connectivity index (χ3n) is 3.80. The summed E-state index contributed by atoms with van der Waals surface area (Å²) >= 11 is 0. The van der Waals surface area contributed by atoms with E-state index in [4.69, 9.17) is 0 Å². The van der Waals surface area contributed by atoms with Gasteiger partial charge in [-0.2, -0.15) is 0 Å². The first-order chi connectivity index (χ1) is 7.91. The molecule has 3 nitrogen and oxygen atoms in total. The number of aromatic amines is 1. The maximum Gasteiger partial charge on any atom is 0.258 e. The predicted molar refractivity (Wildman–Crippen MR) is 67.4 cm³/mol. The summed E-state index contributed by atoms with van der Waals surface area (Å²) < 4.78 is 0. The Morgan fingerprint density at radius 3 is 2.71 bits per heavy atom. The van der Waals surface area contributed by atoms with Gasteiger partial charge in [0.05, 0.1) is 5.56 Å². The Labute approximate surface area is 101 Å². The summed E-state index contributed by atoms with van der Waals surface area (Å²) in [7, 11) is 0. The molecule has 1 unspecified atom stereocenters. The van der Waals surface area contributed by atoms with Crippen molar-refractivity contribution in [2.24, 2.45) is 11.3 Å². The first-order valence-corrected chi connectivity index (χ1v) is 6.12. The number of aryl methyl sites for hydroxylation is 1. The number of rotatable bonds is 1. The second kappa shape index (κ2) is 4.13. The molecule has 0 spiro atoms. The quantitative estimate of drug-likeness (QED) is 0.757. The van der Waals surface area contributed by atoms with Crippen LogP contribution < -0.4 is 5.56 Å². The SMILES string of the molecule is CC(C)(C)C1CCc2[nH]c(=O)c(C=O)cc2C1. The number of aldehydes is 1. The molecule has 0 amide bonds. The van der Waals surface area contributed by atoms with Crippen molar-refractivity contribution in [2.45, 2.75) is 40.0 Å². The Morgan fingerprint density at radius 2 is 2.12 bits per heavy atom. The van der Waals surface area contributed by atoms with Crippen LogP contribution >= 0.6 is 0 Å². The zero-order valence-electron chi connectivity index (χ0n) is 10.7. The van der Waals surface area contributed by atoms with E-state index < -0.39 is 0 Å². The molecule has 0 saturated heterocycles. The summed E-state index contributed by atoms with van der Waals surface area (Å²) in [5.41, 5.74) is 2.42. The number of nitrogens with one attached hydrogen (secondary N) is 1. The van der Waals surface area contributed by atoms with Crippen LogP contribution in [0, 0.1) is 11.3 Å². The molecule has 1 heterocycles. The van der Waals surface area contributed by atoms with Gasteiger partial charge in [-0.05, 0) is 42.2 Å². The molecule has 1 aliphatic carbocycles. The van der Waals surface area contributed by atoms with E-state index in [1.54, 1.807) is 6.07 Å². The van der Waals surface area contributed by atoms with E-state index in [0.717, 1.165) is 30.5 Å². The molecule has 2 rings (SSSR count). The van der Waals surface area contributed by atoms with Crippen LogP contribution in [-0.2, 0) is 12.8 Å². The molecular formula is C14H19NO2. The topological polar surface area (TPSA) is 49.9 Å². The Kier molecular flexibility index (Phi) is 2.94. The normalized spacial score (nSPS) is 19.8. The Balaban J connectivity index is 2.38. The molecule has 1 aliphatic rings. The molecule has 3 heteroatoms. The molecule has 0 aliphatic heterocycles. The summed E-state index contributed by atoms with van der Waals surface area (Å²) in [6.07, 6.45) is 3.61. The van der Waals surface area contributed by atoms with Crippen LogP contribution in [0.15, 0.2) is 10.9 Å². The zero-order chi connectivity index (χ0) is 12.6. The average Bonchev–Trinajstić information content (AvgIpc) is 2.26. The third kappa shape index (κ3) is 2.33. The second-order valence-corrected chi connectivity index (χ2v) is 5.98. The molecule has 0 bridgehead atoms. The van der Waals surface area contributed by atoms with Gasteiger partial charge in [-0.1, -0.05) is 20.8 Å². The third-order valence-corrected chi connectivity index (χ3v) is 3.80. The van der Waals surface area contributed by atoms with Gasteiger partial charge in [0.2, 0.25) is 0 Å². The van der Waals surface area contributed by atoms with Crippen molar-refractivity contribution >= 4 is 6.29 Å². The number of carbonyl (C=O) groups excluding carboxylic acids is 1. The van der Waals surface area contributed by atoms with Crippen molar-refractivity contribution in [1.29, 1.82) is 0 Å².